The molecule has 0 saturated heterocycles. The van der Waals surface area contributed by atoms with Gasteiger partial charge in [0.2, 0.25) is 0 Å². The van der Waals surface area contributed by atoms with Crippen molar-refractivity contribution in [3.05, 3.63) is 21.4 Å². The molecule has 24 heavy (non-hydrogen) atoms. The van der Waals surface area contributed by atoms with Crippen LogP contribution in [0.2, 0.25) is 0 Å². The Labute approximate surface area is 150 Å². The third-order valence-electron chi connectivity index (χ3n) is 5.66. The molecule has 1 aromatic heterocycles. The number of carbonyl (C=O) groups excluding carboxylic acids is 1. The van der Waals surface area contributed by atoms with Gasteiger partial charge in [0.1, 0.15) is 0 Å². The van der Waals surface area contributed by atoms with Crippen LogP contribution in [0.5, 0.6) is 0 Å². The van der Waals surface area contributed by atoms with Crippen molar-refractivity contribution < 1.29 is 4.79 Å². The molecule has 2 aliphatic carbocycles. The second kappa shape index (κ2) is 8.01. The second-order valence-electron chi connectivity index (χ2n) is 8.10. The van der Waals surface area contributed by atoms with Crippen LogP contribution in [0.4, 0.5) is 0 Å². The second-order valence-corrected chi connectivity index (χ2v) is 9.24. The number of amides is 1. The number of nitrogens with zero attached hydrogens (tertiary/aromatic N) is 1. The van der Waals surface area contributed by atoms with E-state index in [9.17, 15) is 4.79 Å². The minimum Gasteiger partial charge on any atom is -0.351 e. The molecule has 1 aromatic rings. The summed E-state index contributed by atoms with van der Waals surface area (Å²) in [6, 6.07) is 2.17. The fourth-order valence-corrected chi connectivity index (χ4v) is 5.67. The normalized spacial score (nSPS) is 20.5. The van der Waals surface area contributed by atoms with Gasteiger partial charge in [-0.25, -0.2) is 0 Å². The number of rotatable bonds is 5. The van der Waals surface area contributed by atoms with Crippen molar-refractivity contribution in [3.8, 4) is 0 Å². The molecule has 0 atom stereocenters. The van der Waals surface area contributed by atoms with Crippen LogP contribution in [-0.2, 0) is 12.8 Å². The van der Waals surface area contributed by atoms with Gasteiger partial charge in [0.05, 0.1) is 4.88 Å². The van der Waals surface area contributed by atoms with Crippen molar-refractivity contribution in [2.75, 3.05) is 27.2 Å². The molecule has 0 aliphatic heterocycles. The molecule has 3 nitrogen and oxygen atoms in total. The van der Waals surface area contributed by atoms with Gasteiger partial charge in [-0.2, -0.15) is 0 Å². The summed E-state index contributed by atoms with van der Waals surface area (Å²) in [6.07, 6.45) is 12.6. The number of aryl methyl sites for hydroxylation is 2. The maximum absolute atomic E-state index is 12.7. The van der Waals surface area contributed by atoms with Gasteiger partial charge in [0.25, 0.3) is 5.91 Å². The highest BCUT2D eigenvalue weighted by Gasteiger charge is 2.34. The van der Waals surface area contributed by atoms with E-state index in [0.29, 0.717) is 0 Å². The molecule has 1 heterocycles. The molecule has 2 aliphatic rings. The zero-order valence-electron chi connectivity index (χ0n) is 15.3. The van der Waals surface area contributed by atoms with Crippen molar-refractivity contribution in [2.45, 2.75) is 64.2 Å². The summed E-state index contributed by atoms with van der Waals surface area (Å²) in [5.41, 5.74) is 1.72. The number of hydrogen-bond donors (Lipinski definition) is 1. The fourth-order valence-electron chi connectivity index (χ4n) is 4.50. The molecule has 0 aromatic carbocycles. The van der Waals surface area contributed by atoms with Gasteiger partial charge in [-0.1, -0.05) is 25.7 Å². The summed E-state index contributed by atoms with van der Waals surface area (Å²) in [6.45, 7) is 1.90. The zero-order chi connectivity index (χ0) is 17.0. The summed E-state index contributed by atoms with van der Waals surface area (Å²) in [5, 5.41) is 3.27. The van der Waals surface area contributed by atoms with Crippen molar-refractivity contribution in [1.82, 2.24) is 10.2 Å². The van der Waals surface area contributed by atoms with Crippen LogP contribution in [0.25, 0.3) is 0 Å². The summed E-state index contributed by atoms with van der Waals surface area (Å²) >= 11 is 1.74. The largest absolute Gasteiger partial charge is 0.351 e. The van der Waals surface area contributed by atoms with E-state index >= 15 is 0 Å². The smallest absolute Gasteiger partial charge is 0.261 e. The molecule has 1 N–H and O–H groups in total. The third kappa shape index (κ3) is 4.40. The molecule has 1 fully saturated rings. The van der Waals surface area contributed by atoms with E-state index in [1.807, 2.05) is 0 Å². The van der Waals surface area contributed by atoms with Crippen LogP contribution in [0.15, 0.2) is 6.07 Å². The first-order chi connectivity index (χ1) is 11.6. The maximum atomic E-state index is 12.7. The summed E-state index contributed by atoms with van der Waals surface area (Å²) in [7, 11) is 4.28. The first-order valence-corrected chi connectivity index (χ1v) is 10.4. The molecule has 4 heteroatoms. The lowest BCUT2D eigenvalue weighted by molar-refractivity contribution is 0.0922. The number of nitrogens with one attached hydrogen (secondary N) is 1. The molecule has 1 amide bonds. The van der Waals surface area contributed by atoms with Gasteiger partial charge in [-0.05, 0) is 64.3 Å². The maximum Gasteiger partial charge on any atom is 0.261 e. The average molecular weight is 349 g/mol. The molecule has 0 spiro atoms. The summed E-state index contributed by atoms with van der Waals surface area (Å²) < 4.78 is 0. The number of thiophene rings is 1. The topological polar surface area (TPSA) is 32.3 Å². The Balaban J connectivity index is 1.63. The SMILES string of the molecule is CN(C)CC1(CNC(=O)c2cc3c(s2)CCCCCC3)CCCC1. The van der Waals surface area contributed by atoms with E-state index in [0.717, 1.165) is 30.8 Å². The van der Waals surface area contributed by atoms with E-state index in [1.54, 1.807) is 11.3 Å². The standard InChI is InChI=1S/C20H32N2OS/c1-22(2)15-20(11-7-8-12-20)14-21-19(23)18-13-16-9-5-3-4-6-10-17(16)24-18/h13H,3-12,14-15H2,1-2H3,(H,21,23). The van der Waals surface area contributed by atoms with Gasteiger partial charge >= 0.3 is 0 Å². The average Bonchev–Trinajstić information content (AvgIpc) is 3.12. The van der Waals surface area contributed by atoms with E-state index in [-0.39, 0.29) is 11.3 Å². The first-order valence-electron chi connectivity index (χ1n) is 9.63. The Kier molecular flexibility index (Phi) is 5.98. The van der Waals surface area contributed by atoms with Crippen LogP contribution < -0.4 is 5.32 Å². The van der Waals surface area contributed by atoms with Crippen LogP contribution in [0.3, 0.4) is 0 Å². The molecular weight excluding hydrogens is 316 g/mol. The number of carbonyl (C=O) groups is 1. The third-order valence-corrected chi connectivity index (χ3v) is 6.90. The molecule has 0 unspecified atom stereocenters. The lowest BCUT2D eigenvalue weighted by Gasteiger charge is -2.32. The van der Waals surface area contributed by atoms with E-state index in [2.05, 4.69) is 30.4 Å². The van der Waals surface area contributed by atoms with Gasteiger partial charge in [-0.15, -0.1) is 11.3 Å². The number of hydrogen-bond acceptors (Lipinski definition) is 3. The monoisotopic (exact) mass is 348 g/mol. The van der Waals surface area contributed by atoms with Gasteiger partial charge in [0, 0.05) is 23.4 Å². The fraction of sp³-hybridized carbons (Fsp3) is 0.750. The first kappa shape index (κ1) is 17.9. The highest BCUT2D eigenvalue weighted by molar-refractivity contribution is 7.14. The van der Waals surface area contributed by atoms with E-state index in [4.69, 9.17) is 0 Å². The van der Waals surface area contributed by atoms with Crippen molar-refractivity contribution in [3.63, 3.8) is 0 Å². The van der Waals surface area contributed by atoms with E-state index in [1.165, 1.54) is 61.8 Å². The highest BCUT2D eigenvalue weighted by atomic mass is 32.1. The Bertz CT molecular complexity index is 532. The van der Waals surface area contributed by atoms with Crippen LogP contribution in [-0.4, -0.2) is 38.0 Å². The quantitative estimate of drug-likeness (QED) is 0.862. The van der Waals surface area contributed by atoms with Crippen LogP contribution >= 0.6 is 11.3 Å². The number of fused-ring (bicyclic) bond motifs is 1. The van der Waals surface area contributed by atoms with Gasteiger partial charge in [-0.3, -0.25) is 4.79 Å². The Morgan fingerprint density at radius 2 is 1.83 bits per heavy atom. The summed E-state index contributed by atoms with van der Waals surface area (Å²) in [5.74, 6) is 0.150. The van der Waals surface area contributed by atoms with Crippen LogP contribution in [0, 0.1) is 5.41 Å². The minimum atomic E-state index is 0.150. The van der Waals surface area contributed by atoms with Crippen LogP contribution in [0.1, 0.15) is 71.5 Å². The van der Waals surface area contributed by atoms with Gasteiger partial charge < -0.3 is 10.2 Å². The zero-order valence-corrected chi connectivity index (χ0v) is 16.1. The van der Waals surface area contributed by atoms with Gasteiger partial charge in [0.15, 0.2) is 0 Å². The molecule has 0 radical (unpaired) electrons. The Hall–Kier alpha value is -0.870. The highest BCUT2D eigenvalue weighted by Crippen LogP contribution is 2.38. The summed E-state index contributed by atoms with van der Waals surface area (Å²) in [4.78, 5) is 17.4. The Morgan fingerprint density at radius 1 is 1.12 bits per heavy atom. The van der Waals surface area contributed by atoms with Crippen molar-refractivity contribution in [1.29, 1.82) is 0 Å². The molecule has 0 bridgehead atoms. The molecular formula is C20H32N2OS. The lowest BCUT2D eigenvalue weighted by atomic mass is 9.85. The van der Waals surface area contributed by atoms with Crippen molar-refractivity contribution in [2.24, 2.45) is 5.41 Å². The Morgan fingerprint density at radius 3 is 2.54 bits per heavy atom. The minimum absolute atomic E-state index is 0.150. The predicted molar refractivity (Wildman–Crippen MR) is 102 cm³/mol. The van der Waals surface area contributed by atoms with E-state index < -0.39 is 0 Å². The molecule has 3 rings (SSSR count). The lowest BCUT2D eigenvalue weighted by Crippen LogP contribution is -2.42. The molecule has 1 saturated carbocycles. The molecule has 134 valence electrons. The predicted octanol–water partition coefficient (Wildman–Crippen LogP) is 4.26. The van der Waals surface area contributed by atoms with Crippen molar-refractivity contribution >= 4 is 17.2 Å².